The Labute approximate surface area is 96.1 Å². The van der Waals surface area contributed by atoms with Gasteiger partial charge in [-0.3, -0.25) is 4.79 Å². The van der Waals surface area contributed by atoms with E-state index < -0.39 is 0 Å². The lowest BCUT2D eigenvalue weighted by molar-refractivity contribution is 0.0949. The van der Waals surface area contributed by atoms with Gasteiger partial charge in [-0.15, -0.1) is 0 Å². The van der Waals surface area contributed by atoms with Gasteiger partial charge in [0.05, 0.1) is 12.5 Å². The Kier molecular flexibility index (Phi) is 4.53. The molecular formula is C13H16N2O. The molecule has 0 aliphatic carbocycles. The summed E-state index contributed by atoms with van der Waals surface area (Å²) in [6, 6.07) is 9.20. The topological polar surface area (TPSA) is 52.9 Å². The van der Waals surface area contributed by atoms with Crippen LogP contribution in [0.4, 0.5) is 0 Å². The number of hydrogen-bond acceptors (Lipinski definition) is 2. The van der Waals surface area contributed by atoms with Gasteiger partial charge < -0.3 is 5.32 Å². The van der Waals surface area contributed by atoms with Crippen LogP contribution in [0, 0.1) is 17.2 Å². The number of benzene rings is 1. The third kappa shape index (κ3) is 3.74. The number of nitrogens with zero attached hydrogens (tertiary/aromatic N) is 1. The van der Waals surface area contributed by atoms with Crippen LogP contribution in [0.3, 0.4) is 0 Å². The molecule has 1 N–H and O–H groups in total. The lowest BCUT2D eigenvalue weighted by atomic mass is 10.1. The van der Waals surface area contributed by atoms with E-state index >= 15 is 0 Å². The van der Waals surface area contributed by atoms with Crippen molar-refractivity contribution in [2.75, 3.05) is 6.54 Å². The van der Waals surface area contributed by atoms with Gasteiger partial charge in [-0.2, -0.15) is 5.26 Å². The molecule has 1 rings (SSSR count). The monoisotopic (exact) mass is 216 g/mol. The van der Waals surface area contributed by atoms with Crippen LogP contribution in [-0.2, 0) is 6.42 Å². The Balaban J connectivity index is 2.60. The fourth-order valence-corrected chi connectivity index (χ4v) is 1.26. The average Bonchev–Trinajstić information content (AvgIpc) is 2.27. The molecule has 1 aromatic rings. The summed E-state index contributed by atoms with van der Waals surface area (Å²) in [4.78, 5) is 11.6. The minimum atomic E-state index is -0.0581. The summed E-state index contributed by atoms with van der Waals surface area (Å²) in [6.07, 6.45) is 0.383. The Bertz CT molecular complexity index is 387. The van der Waals surface area contributed by atoms with Crippen molar-refractivity contribution in [2.24, 2.45) is 5.92 Å². The van der Waals surface area contributed by atoms with Crippen LogP contribution < -0.4 is 5.32 Å². The first-order valence-corrected chi connectivity index (χ1v) is 5.37. The summed E-state index contributed by atoms with van der Waals surface area (Å²) in [5.41, 5.74) is 1.57. The average molecular weight is 216 g/mol. The fraction of sp³-hybridized carbons (Fsp3) is 0.385. The van der Waals surface area contributed by atoms with Gasteiger partial charge in [0.15, 0.2) is 0 Å². The summed E-state index contributed by atoms with van der Waals surface area (Å²) in [5.74, 6) is 0.388. The summed E-state index contributed by atoms with van der Waals surface area (Å²) in [5, 5.41) is 11.4. The van der Waals surface area contributed by atoms with E-state index in [-0.39, 0.29) is 5.91 Å². The normalized spacial score (nSPS) is 9.88. The largest absolute Gasteiger partial charge is 0.352 e. The highest BCUT2D eigenvalue weighted by atomic mass is 16.1. The summed E-state index contributed by atoms with van der Waals surface area (Å²) < 4.78 is 0. The standard InChI is InChI=1S/C13H16N2O/c1-10(2)9-15-13(16)12-5-3-11(4-6-12)7-8-14/h3-6,10H,7,9H2,1-2H3,(H,15,16). The van der Waals surface area contributed by atoms with Crippen LogP contribution in [0.1, 0.15) is 29.8 Å². The molecule has 0 radical (unpaired) electrons. The van der Waals surface area contributed by atoms with Crippen molar-refractivity contribution in [2.45, 2.75) is 20.3 Å². The maximum Gasteiger partial charge on any atom is 0.251 e. The van der Waals surface area contributed by atoms with E-state index in [1.165, 1.54) is 0 Å². The number of nitriles is 1. The zero-order chi connectivity index (χ0) is 12.0. The number of amides is 1. The number of nitrogens with one attached hydrogen (secondary N) is 1. The quantitative estimate of drug-likeness (QED) is 0.838. The van der Waals surface area contributed by atoms with Crippen LogP contribution in [0.5, 0.6) is 0 Å². The van der Waals surface area contributed by atoms with Crippen molar-refractivity contribution in [3.05, 3.63) is 35.4 Å². The lowest BCUT2D eigenvalue weighted by Crippen LogP contribution is -2.27. The second kappa shape index (κ2) is 5.92. The van der Waals surface area contributed by atoms with E-state index in [2.05, 4.69) is 25.2 Å². The van der Waals surface area contributed by atoms with E-state index in [9.17, 15) is 4.79 Å². The predicted octanol–water partition coefficient (Wildman–Crippen LogP) is 2.14. The highest BCUT2D eigenvalue weighted by Gasteiger charge is 2.05. The third-order valence-corrected chi connectivity index (χ3v) is 2.17. The maximum absolute atomic E-state index is 11.6. The molecule has 0 saturated heterocycles. The second-order valence-corrected chi connectivity index (χ2v) is 4.14. The first-order chi connectivity index (χ1) is 7.63. The number of carbonyl (C=O) groups is 1. The van der Waals surface area contributed by atoms with Gasteiger partial charge in [-0.1, -0.05) is 26.0 Å². The molecule has 0 fully saturated rings. The highest BCUT2D eigenvalue weighted by Crippen LogP contribution is 2.05. The molecule has 0 bridgehead atoms. The van der Waals surface area contributed by atoms with Gasteiger partial charge in [0.2, 0.25) is 0 Å². The molecule has 0 spiro atoms. The molecule has 3 heteroatoms. The van der Waals surface area contributed by atoms with Gasteiger partial charge in [-0.05, 0) is 23.6 Å². The van der Waals surface area contributed by atoms with Gasteiger partial charge in [0.25, 0.3) is 5.91 Å². The Morgan fingerprint density at radius 1 is 1.38 bits per heavy atom. The minimum absolute atomic E-state index is 0.0581. The number of hydrogen-bond donors (Lipinski definition) is 1. The lowest BCUT2D eigenvalue weighted by Gasteiger charge is -2.07. The van der Waals surface area contributed by atoms with Gasteiger partial charge >= 0.3 is 0 Å². The van der Waals surface area contributed by atoms with Gasteiger partial charge in [0, 0.05) is 12.1 Å². The molecule has 0 unspecified atom stereocenters. The SMILES string of the molecule is CC(C)CNC(=O)c1ccc(CC#N)cc1. The summed E-state index contributed by atoms with van der Waals surface area (Å²) in [7, 11) is 0. The molecule has 0 saturated carbocycles. The van der Waals surface area contributed by atoms with E-state index in [4.69, 9.17) is 5.26 Å². The third-order valence-electron chi connectivity index (χ3n) is 2.17. The first kappa shape index (κ1) is 12.3. The second-order valence-electron chi connectivity index (χ2n) is 4.14. The smallest absolute Gasteiger partial charge is 0.251 e. The van der Waals surface area contributed by atoms with Crippen molar-refractivity contribution in [3.8, 4) is 6.07 Å². The van der Waals surface area contributed by atoms with Crippen LogP contribution >= 0.6 is 0 Å². The van der Waals surface area contributed by atoms with Crippen molar-refractivity contribution in [1.29, 1.82) is 5.26 Å². The van der Waals surface area contributed by atoms with Crippen LogP contribution in [-0.4, -0.2) is 12.5 Å². The first-order valence-electron chi connectivity index (χ1n) is 5.37. The van der Waals surface area contributed by atoms with Gasteiger partial charge in [-0.25, -0.2) is 0 Å². The van der Waals surface area contributed by atoms with Gasteiger partial charge in [0.1, 0.15) is 0 Å². The maximum atomic E-state index is 11.6. The number of rotatable bonds is 4. The Hall–Kier alpha value is -1.82. The molecular weight excluding hydrogens is 200 g/mol. The Morgan fingerprint density at radius 2 is 2.00 bits per heavy atom. The summed E-state index contributed by atoms with van der Waals surface area (Å²) >= 11 is 0. The zero-order valence-corrected chi connectivity index (χ0v) is 9.66. The van der Waals surface area contributed by atoms with Crippen LogP contribution in [0.15, 0.2) is 24.3 Å². The van der Waals surface area contributed by atoms with Crippen molar-refractivity contribution < 1.29 is 4.79 Å². The Morgan fingerprint density at radius 3 is 2.50 bits per heavy atom. The molecule has 3 nitrogen and oxygen atoms in total. The van der Waals surface area contributed by atoms with Crippen LogP contribution in [0.2, 0.25) is 0 Å². The molecule has 1 aromatic carbocycles. The summed E-state index contributed by atoms with van der Waals surface area (Å²) in [6.45, 7) is 4.78. The number of carbonyl (C=O) groups excluding carboxylic acids is 1. The molecule has 1 amide bonds. The van der Waals surface area contributed by atoms with Crippen molar-refractivity contribution in [1.82, 2.24) is 5.32 Å². The molecule has 0 aromatic heterocycles. The van der Waals surface area contributed by atoms with Crippen LogP contribution in [0.25, 0.3) is 0 Å². The molecule has 0 atom stereocenters. The molecule has 16 heavy (non-hydrogen) atoms. The molecule has 84 valence electrons. The minimum Gasteiger partial charge on any atom is -0.352 e. The van der Waals surface area contributed by atoms with Crippen molar-refractivity contribution >= 4 is 5.91 Å². The molecule has 0 aliphatic rings. The fourth-order valence-electron chi connectivity index (χ4n) is 1.26. The predicted molar refractivity (Wildman–Crippen MR) is 62.9 cm³/mol. The zero-order valence-electron chi connectivity index (χ0n) is 9.66. The highest BCUT2D eigenvalue weighted by molar-refractivity contribution is 5.94. The molecule has 0 aliphatic heterocycles. The van der Waals surface area contributed by atoms with E-state index in [1.807, 2.05) is 12.1 Å². The van der Waals surface area contributed by atoms with E-state index in [0.29, 0.717) is 24.4 Å². The van der Waals surface area contributed by atoms with E-state index in [1.54, 1.807) is 12.1 Å². The molecule has 0 heterocycles. The van der Waals surface area contributed by atoms with Crippen molar-refractivity contribution in [3.63, 3.8) is 0 Å². The van der Waals surface area contributed by atoms with E-state index in [0.717, 1.165) is 5.56 Å².